The number of nitrogens with one attached hydrogen (secondary N) is 2. The summed E-state index contributed by atoms with van der Waals surface area (Å²) in [6.07, 6.45) is 0. The molecule has 0 aromatic heterocycles. The number of hydrogen-bond acceptors (Lipinski definition) is 2. The van der Waals surface area contributed by atoms with Crippen molar-refractivity contribution in [1.29, 1.82) is 0 Å². The first-order valence-corrected chi connectivity index (χ1v) is 8.79. The smallest absolute Gasteiger partial charge is 0.257 e. The third kappa shape index (κ3) is 4.42. The molecule has 0 saturated heterocycles. The normalized spacial score (nSPS) is 10.3. The fraction of sp³-hybridized carbons (Fsp3) is 0.130. The summed E-state index contributed by atoms with van der Waals surface area (Å²) in [7, 11) is 0. The molecule has 4 nitrogen and oxygen atoms in total. The zero-order valence-corrected chi connectivity index (χ0v) is 15.7. The van der Waals surface area contributed by atoms with Crippen LogP contribution in [0, 0.1) is 20.8 Å². The van der Waals surface area contributed by atoms with Crippen LogP contribution in [0.25, 0.3) is 0 Å². The molecule has 3 aromatic rings. The Morgan fingerprint density at radius 1 is 0.667 bits per heavy atom. The largest absolute Gasteiger partial charge is 0.322 e. The lowest BCUT2D eigenvalue weighted by Gasteiger charge is -2.13. The van der Waals surface area contributed by atoms with Crippen molar-refractivity contribution < 1.29 is 9.59 Å². The monoisotopic (exact) mass is 358 g/mol. The van der Waals surface area contributed by atoms with E-state index in [1.807, 2.05) is 57.2 Å². The van der Waals surface area contributed by atoms with Crippen molar-refractivity contribution >= 4 is 23.2 Å². The van der Waals surface area contributed by atoms with Gasteiger partial charge in [-0.2, -0.15) is 0 Å². The van der Waals surface area contributed by atoms with Gasteiger partial charge in [0.25, 0.3) is 11.8 Å². The zero-order valence-electron chi connectivity index (χ0n) is 15.7. The molecule has 0 heterocycles. The van der Waals surface area contributed by atoms with E-state index in [1.54, 1.807) is 30.3 Å². The Hall–Kier alpha value is -3.40. The van der Waals surface area contributed by atoms with Gasteiger partial charge in [-0.1, -0.05) is 42.0 Å². The van der Waals surface area contributed by atoms with E-state index < -0.39 is 0 Å². The van der Waals surface area contributed by atoms with Crippen LogP contribution in [0.1, 0.15) is 37.4 Å². The molecule has 0 aliphatic carbocycles. The highest BCUT2D eigenvalue weighted by molar-refractivity contribution is 6.12. The van der Waals surface area contributed by atoms with Crippen LogP contribution in [0.3, 0.4) is 0 Å². The molecule has 136 valence electrons. The molecule has 0 bridgehead atoms. The lowest BCUT2D eigenvalue weighted by molar-refractivity contribution is 0.102. The average Bonchev–Trinajstić information content (AvgIpc) is 2.62. The van der Waals surface area contributed by atoms with Crippen LogP contribution < -0.4 is 10.6 Å². The van der Waals surface area contributed by atoms with Crippen molar-refractivity contribution in [3.63, 3.8) is 0 Å². The number of carbonyl (C=O) groups is 2. The highest BCUT2D eigenvalue weighted by Crippen LogP contribution is 2.20. The first-order valence-electron chi connectivity index (χ1n) is 8.79. The molecule has 0 aliphatic heterocycles. The molecule has 0 radical (unpaired) electrons. The van der Waals surface area contributed by atoms with Crippen LogP contribution >= 0.6 is 0 Å². The zero-order chi connectivity index (χ0) is 19.4. The third-order valence-corrected chi connectivity index (χ3v) is 4.32. The van der Waals surface area contributed by atoms with Crippen molar-refractivity contribution in [2.45, 2.75) is 20.8 Å². The number of anilines is 2. The predicted molar refractivity (Wildman–Crippen MR) is 109 cm³/mol. The maximum absolute atomic E-state index is 12.7. The molecule has 0 fully saturated rings. The van der Waals surface area contributed by atoms with Gasteiger partial charge in [0.1, 0.15) is 0 Å². The number of para-hydroxylation sites is 1. The molecule has 0 spiro atoms. The van der Waals surface area contributed by atoms with Gasteiger partial charge in [-0.3, -0.25) is 9.59 Å². The molecular formula is C23H22N2O2. The van der Waals surface area contributed by atoms with Crippen LogP contribution in [-0.4, -0.2) is 11.8 Å². The minimum Gasteiger partial charge on any atom is -0.322 e. The Bertz CT molecular complexity index is 1010. The molecular weight excluding hydrogens is 336 g/mol. The maximum Gasteiger partial charge on any atom is 0.257 e. The second kappa shape index (κ2) is 7.87. The second-order valence-electron chi connectivity index (χ2n) is 6.64. The molecule has 3 rings (SSSR count). The van der Waals surface area contributed by atoms with E-state index in [0.717, 1.165) is 22.4 Å². The Kier molecular flexibility index (Phi) is 5.36. The first-order chi connectivity index (χ1) is 12.9. The van der Waals surface area contributed by atoms with E-state index >= 15 is 0 Å². The van der Waals surface area contributed by atoms with Crippen molar-refractivity contribution in [2.24, 2.45) is 0 Å². The molecule has 3 aromatic carbocycles. The first kappa shape index (κ1) is 18.4. The second-order valence-corrected chi connectivity index (χ2v) is 6.64. The van der Waals surface area contributed by atoms with Gasteiger partial charge in [0.05, 0.1) is 11.3 Å². The maximum atomic E-state index is 12.7. The lowest BCUT2D eigenvalue weighted by Crippen LogP contribution is -2.19. The van der Waals surface area contributed by atoms with Gasteiger partial charge >= 0.3 is 0 Å². The van der Waals surface area contributed by atoms with Crippen LogP contribution in [0.2, 0.25) is 0 Å². The van der Waals surface area contributed by atoms with Crippen LogP contribution in [0.15, 0.2) is 66.7 Å². The highest BCUT2D eigenvalue weighted by atomic mass is 16.2. The third-order valence-electron chi connectivity index (χ3n) is 4.32. The number of amides is 2. The van der Waals surface area contributed by atoms with E-state index in [4.69, 9.17) is 0 Å². The molecule has 4 heteroatoms. The summed E-state index contributed by atoms with van der Waals surface area (Å²) in [5.41, 5.74) is 5.26. The number of hydrogen-bond donors (Lipinski definition) is 2. The van der Waals surface area contributed by atoms with Crippen LogP contribution in [0.5, 0.6) is 0 Å². The summed E-state index contributed by atoms with van der Waals surface area (Å²) in [6, 6.07) is 20.2. The molecule has 27 heavy (non-hydrogen) atoms. The van der Waals surface area contributed by atoms with Gasteiger partial charge in [-0.05, 0) is 62.2 Å². The summed E-state index contributed by atoms with van der Waals surface area (Å²) in [5.74, 6) is -0.500. The average molecular weight is 358 g/mol. The van der Waals surface area contributed by atoms with Gasteiger partial charge in [0.2, 0.25) is 0 Å². The fourth-order valence-corrected chi connectivity index (χ4v) is 2.97. The summed E-state index contributed by atoms with van der Waals surface area (Å²) < 4.78 is 0. The summed E-state index contributed by atoms with van der Waals surface area (Å²) in [6.45, 7) is 5.85. The standard InChI is InChI=1S/C23H22N2O2/c1-15-7-6-8-18(14-15)24-23(27)20-9-4-5-10-21(20)25-22(26)19-12-11-16(2)13-17(19)3/h4-14H,1-3H3,(H,24,27)(H,25,26). The van der Waals surface area contributed by atoms with Gasteiger partial charge < -0.3 is 10.6 Å². The minimum atomic E-state index is -0.267. The summed E-state index contributed by atoms with van der Waals surface area (Å²) in [4.78, 5) is 25.4. The van der Waals surface area contributed by atoms with Gasteiger partial charge in [0, 0.05) is 11.3 Å². The van der Waals surface area contributed by atoms with Gasteiger partial charge in [0.15, 0.2) is 0 Å². The van der Waals surface area contributed by atoms with Crippen molar-refractivity contribution in [3.05, 3.63) is 94.5 Å². The number of benzene rings is 3. The van der Waals surface area contributed by atoms with Crippen molar-refractivity contribution in [2.75, 3.05) is 10.6 Å². The summed E-state index contributed by atoms with van der Waals surface area (Å²) in [5, 5.41) is 5.75. The van der Waals surface area contributed by atoms with Crippen molar-refractivity contribution in [1.82, 2.24) is 0 Å². The lowest BCUT2D eigenvalue weighted by atomic mass is 10.0. The molecule has 0 saturated carbocycles. The van der Waals surface area contributed by atoms with Crippen LogP contribution in [0.4, 0.5) is 11.4 Å². The topological polar surface area (TPSA) is 58.2 Å². The highest BCUT2D eigenvalue weighted by Gasteiger charge is 2.15. The Labute approximate surface area is 159 Å². The predicted octanol–water partition coefficient (Wildman–Crippen LogP) is 5.12. The van der Waals surface area contributed by atoms with E-state index in [9.17, 15) is 9.59 Å². The number of rotatable bonds is 4. The molecule has 0 atom stereocenters. The van der Waals surface area contributed by atoms with E-state index in [2.05, 4.69) is 10.6 Å². The Balaban J connectivity index is 1.83. The van der Waals surface area contributed by atoms with Gasteiger partial charge in [-0.25, -0.2) is 0 Å². The number of carbonyl (C=O) groups excluding carboxylic acids is 2. The fourth-order valence-electron chi connectivity index (χ4n) is 2.97. The summed E-state index contributed by atoms with van der Waals surface area (Å²) >= 11 is 0. The Morgan fingerprint density at radius 3 is 2.11 bits per heavy atom. The molecule has 2 N–H and O–H groups in total. The number of aryl methyl sites for hydroxylation is 3. The SMILES string of the molecule is Cc1cccc(NC(=O)c2ccccc2NC(=O)c2ccc(C)cc2C)c1. The van der Waals surface area contributed by atoms with Gasteiger partial charge in [-0.15, -0.1) is 0 Å². The quantitative estimate of drug-likeness (QED) is 0.680. The van der Waals surface area contributed by atoms with E-state index in [0.29, 0.717) is 16.8 Å². The molecule has 2 amide bonds. The van der Waals surface area contributed by atoms with Crippen molar-refractivity contribution in [3.8, 4) is 0 Å². The Morgan fingerprint density at radius 2 is 1.37 bits per heavy atom. The molecule has 0 aliphatic rings. The minimum absolute atomic E-state index is 0.233. The molecule has 0 unspecified atom stereocenters. The van der Waals surface area contributed by atoms with Crippen LogP contribution in [-0.2, 0) is 0 Å². The van der Waals surface area contributed by atoms with E-state index in [1.165, 1.54) is 0 Å². The van der Waals surface area contributed by atoms with E-state index in [-0.39, 0.29) is 11.8 Å².